The quantitative estimate of drug-likeness (QED) is 0.793. The minimum atomic E-state index is -0.402. The number of nitrogens with zero attached hydrogens (tertiary/aromatic N) is 1. The molecule has 0 unspecified atom stereocenters. The third kappa shape index (κ3) is 5.55. The highest BCUT2D eigenvalue weighted by Gasteiger charge is 2.29. The lowest BCUT2D eigenvalue weighted by Crippen LogP contribution is -2.41. The molecule has 6 nitrogen and oxygen atoms in total. The maximum atomic E-state index is 12.9. The summed E-state index contributed by atoms with van der Waals surface area (Å²) in [6.45, 7) is 3.08. The number of piperidine rings is 1. The van der Waals surface area contributed by atoms with Crippen LogP contribution in [0.5, 0.6) is 0 Å². The Bertz CT molecular complexity index is 610. The van der Waals surface area contributed by atoms with Crippen molar-refractivity contribution in [2.24, 2.45) is 5.92 Å². The van der Waals surface area contributed by atoms with Crippen LogP contribution in [0.3, 0.4) is 0 Å². The van der Waals surface area contributed by atoms with Crippen molar-refractivity contribution < 1.29 is 23.5 Å². The summed E-state index contributed by atoms with van der Waals surface area (Å²) in [6, 6.07) is 5.40. The van der Waals surface area contributed by atoms with Gasteiger partial charge in [-0.3, -0.25) is 14.4 Å². The molecule has 0 spiro atoms. The molecular formula is C18H23FN2O4. The molecule has 1 aromatic rings. The summed E-state index contributed by atoms with van der Waals surface area (Å²) >= 11 is 0. The summed E-state index contributed by atoms with van der Waals surface area (Å²) in [5, 5.41) is 2.64. The van der Waals surface area contributed by atoms with Gasteiger partial charge < -0.3 is 15.0 Å². The molecule has 1 saturated heterocycles. The van der Waals surface area contributed by atoms with Gasteiger partial charge in [-0.1, -0.05) is 6.92 Å². The highest BCUT2D eigenvalue weighted by Crippen LogP contribution is 2.20. The van der Waals surface area contributed by atoms with Crippen molar-refractivity contribution >= 4 is 17.8 Å². The van der Waals surface area contributed by atoms with Crippen molar-refractivity contribution in [3.05, 3.63) is 35.6 Å². The average Bonchev–Trinajstić information content (AvgIpc) is 2.64. The molecule has 0 bridgehead atoms. The first-order valence-electron chi connectivity index (χ1n) is 8.49. The Kier molecular flexibility index (Phi) is 6.91. The number of hydrogen-bond donors (Lipinski definition) is 1. The number of amides is 2. The predicted octanol–water partition coefficient (Wildman–Crippen LogP) is 1.75. The number of likely N-dealkylation sites (tertiary alicyclic amines) is 1. The topological polar surface area (TPSA) is 75.7 Å². The van der Waals surface area contributed by atoms with Crippen LogP contribution in [0.4, 0.5) is 4.39 Å². The van der Waals surface area contributed by atoms with E-state index in [4.69, 9.17) is 4.74 Å². The SMILES string of the molecule is CCCNC(=O)COC(=O)C1CCN(C(=O)c2ccc(F)cc2)CC1. The largest absolute Gasteiger partial charge is 0.455 e. The smallest absolute Gasteiger partial charge is 0.309 e. The van der Waals surface area contributed by atoms with Crippen LogP contribution in [0.25, 0.3) is 0 Å². The number of carbonyl (C=O) groups excluding carboxylic acids is 3. The van der Waals surface area contributed by atoms with E-state index in [9.17, 15) is 18.8 Å². The van der Waals surface area contributed by atoms with Crippen LogP contribution in [-0.2, 0) is 14.3 Å². The van der Waals surface area contributed by atoms with Crippen molar-refractivity contribution in [1.29, 1.82) is 0 Å². The zero-order valence-corrected chi connectivity index (χ0v) is 14.3. The fourth-order valence-corrected chi connectivity index (χ4v) is 2.66. The van der Waals surface area contributed by atoms with E-state index in [-0.39, 0.29) is 30.2 Å². The van der Waals surface area contributed by atoms with Gasteiger partial charge in [0.1, 0.15) is 5.82 Å². The molecule has 2 rings (SSSR count). The summed E-state index contributed by atoms with van der Waals surface area (Å²) in [5.74, 6) is -1.58. The Balaban J connectivity index is 1.77. The van der Waals surface area contributed by atoms with Crippen molar-refractivity contribution in [1.82, 2.24) is 10.2 Å². The van der Waals surface area contributed by atoms with Crippen LogP contribution in [0, 0.1) is 11.7 Å². The van der Waals surface area contributed by atoms with E-state index >= 15 is 0 Å². The Morgan fingerprint density at radius 3 is 2.44 bits per heavy atom. The molecule has 1 aliphatic heterocycles. The van der Waals surface area contributed by atoms with Gasteiger partial charge in [-0.25, -0.2) is 4.39 Å². The summed E-state index contributed by atoms with van der Waals surface area (Å²) in [4.78, 5) is 37.4. The number of rotatable bonds is 6. The second-order valence-corrected chi connectivity index (χ2v) is 6.03. The Labute approximate surface area is 146 Å². The second kappa shape index (κ2) is 9.15. The van der Waals surface area contributed by atoms with Gasteiger partial charge in [0.05, 0.1) is 5.92 Å². The maximum absolute atomic E-state index is 12.9. The minimum Gasteiger partial charge on any atom is -0.455 e. The van der Waals surface area contributed by atoms with Gasteiger partial charge >= 0.3 is 5.97 Å². The molecule has 1 aromatic carbocycles. The third-order valence-corrected chi connectivity index (χ3v) is 4.12. The molecule has 1 N–H and O–H groups in total. The first-order chi connectivity index (χ1) is 12.0. The number of benzene rings is 1. The van der Waals surface area contributed by atoms with Crippen LogP contribution < -0.4 is 5.32 Å². The zero-order chi connectivity index (χ0) is 18.2. The van der Waals surface area contributed by atoms with Gasteiger partial charge in [-0.2, -0.15) is 0 Å². The van der Waals surface area contributed by atoms with Crippen LogP contribution in [0.2, 0.25) is 0 Å². The van der Waals surface area contributed by atoms with Crippen molar-refractivity contribution in [3.63, 3.8) is 0 Å². The Morgan fingerprint density at radius 2 is 1.84 bits per heavy atom. The number of carbonyl (C=O) groups is 3. The van der Waals surface area contributed by atoms with E-state index in [1.807, 2.05) is 6.92 Å². The monoisotopic (exact) mass is 350 g/mol. The van der Waals surface area contributed by atoms with E-state index in [2.05, 4.69) is 5.32 Å². The van der Waals surface area contributed by atoms with E-state index < -0.39 is 5.97 Å². The normalized spacial score (nSPS) is 14.9. The standard InChI is InChI=1S/C18H23FN2O4/c1-2-9-20-16(22)12-25-18(24)14-7-10-21(11-8-14)17(23)13-3-5-15(19)6-4-13/h3-6,14H,2,7-12H2,1H3,(H,20,22). The zero-order valence-electron chi connectivity index (χ0n) is 14.3. The van der Waals surface area contributed by atoms with Gasteiger partial charge in [0.2, 0.25) is 0 Å². The van der Waals surface area contributed by atoms with E-state index in [1.165, 1.54) is 24.3 Å². The van der Waals surface area contributed by atoms with Crippen LogP contribution in [0.1, 0.15) is 36.5 Å². The highest BCUT2D eigenvalue weighted by atomic mass is 19.1. The second-order valence-electron chi connectivity index (χ2n) is 6.03. The molecule has 7 heteroatoms. The van der Waals surface area contributed by atoms with E-state index in [0.29, 0.717) is 38.0 Å². The van der Waals surface area contributed by atoms with E-state index in [0.717, 1.165) is 6.42 Å². The lowest BCUT2D eigenvalue weighted by molar-refractivity contribution is -0.153. The maximum Gasteiger partial charge on any atom is 0.309 e. The first kappa shape index (κ1) is 18.9. The molecule has 1 heterocycles. The number of halogens is 1. The predicted molar refractivity (Wildman–Crippen MR) is 89.3 cm³/mol. The number of ether oxygens (including phenoxy) is 1. The molecular weight excluding hydrogens is 327 g/mol. The summed E-state index contributed by atoms with van der Waals surface area (Å²) < 4.78 is 18.0. The number of esters is 1. The lowest BCUT2D eigenvalue weighted by atomic mass is 9.96. The van der Waals surface area contributed by atoms with E-state index in [1.54, 1.807) is 4.90 Å². The minimum absolute atomic E-state index is 0.175. The fraction of sp³-hybridized carbons (Fsp3) is 0.500. The molecule has 136 valence electrons. The highest BCUT2D eigenvalue weighted by molar-refractivity contribution is 5.94. The van der Waals surface area contributed by atoms with Gasteiger partial charge in [0.15, 0.2) is 6.61 Å². The van der Waals surface area contributed by atoms with Crippen molar-refractivity contribution in [2.75, 3.05) is 26.2 Å². The molecule has 2 amide bonds. The molecule has 1 fully saturated rings. The molecule has 1 aliphatic rings. The summed E-state index contributed by atoms with van der Waals surface area (Å²) in [6.07, 6.45) is 1.80. The molecule has 0 aliphatic carbocycles. The third-order valence-electron chi connectivity index (χ3n) is 4.12. The van der Waals surface area contributed by atoms with Crippen LogP contribution in [0.15, 0.2) is 24.3 Å². The lowest BCUT2D eigenvalue weighted by Gasteiger charge is -2.31. The van der Waals surface area contributed by atoms with Crippen LogP contribution >= 0.6 is 0 Å². The Morgan fingerprint density at radius 1 is 1.20 bits per heavy atom. The summed E-state index contributed by atoms with van der Waals surface area (Å²) in [5.41, 5.74) is 0.426. The van der Waals surface area contributed by atoms with Gasteiger partial charge in [-0.15, -0.1) is 0 Å². The number of hydrogen-bond acceptors (Lipinski definition) is 4. The average molecular weight is 350 g/mol. The first-order valence-corrected chi connectivity index (χ1v) is 8.49. The molecule has 25 heavy (non-hydrogen) atoms. The molecule has 0 aromatic heterocycles. The summed E-state index contributed by atoms with van der Waals surface area (Å²) in [7, 11) is 0. The van der Waals surface area contributed by atoms with Gasteiger partial charge in [0.25, 0.3) is 11.8 Å². The molecule has 0 radical (unpaired) electrons. The Hall–Kier alpha value is -2.44. The number of nitrogens with one attached hydrogen (secondary N) is 1. The van der Waals surface area contributed by atoms with Crippen LogP contribution in [-0.4, -0.2) is 48.9 Å². The fourth-order valence-electron chi connectivity index (χ4n) is 2.66. The van der Waals surface area contributed by atoms with Gasteiger partial charge in [-0.05, 0) is 43.5 Å². The molecule has 0 atom stereocenters. The van der Waals surface area contributed by atoms with Gasteiger partial charge in [0, 0.05) is 25.2 Å². The molecule has 0 saturated carbocycles. The van der Waals surface area contributed by atoms with Crippen molar-refractivity contribution in [3.8, 4) is 0 Å². The van der Waals surface area contributed by atoms with Crippen molar-refractivity contribution in [2.45, 2.75) is 26.2 Å².